The fraction of sp³-hybridized carbons (Fsp3) is 0.727. The van der Waals surface area contributed by atoms with Crippen LogP contribution < -0.4 is 0 Å². The molecule has 156 valence electrons. The van der Waals surface area contributed by atoms with Gasteiger partial charge in [0.25, 0.3) is 5.91 Å². The van der Waals surface area contributed by atoms with Gasteiger partial charge in [0, 0.05) is 50.7 Å². The van der Waals surface area contributed by atoms with E-state index in [4.69, 9.17) is 4.74 Å². The van der Waals surface area contributed by atoms with Crippen LogP contribution in [-0.2, 0) is 4.74 Å². The maximum Gasteiger partial charge on any atom is 0.254 e. The highest BCUT2D eigenvalue weighted by Crippen LogP contribution is 2.23. The van der Waals surface area contributed by atoms with Crippen molar-refractivity contribution in [2.45, 2.75) is 38.6 Å². The quantitative estimate of drug-likeness (QED) is 0.650. The van der Waals surface area contributed by atoms with E-state index < -0.39 is 0 Å². The molecule has 1 atom stereocenters. The summed E-state index contributed by atoms with van der Waals surface area (Å²) in [5.41, 5.74) is 0.758. The Balaban J connectivity index is 1.62. The van der Waals surface area contributed by atoms with Crippen LogP contribution in [-0.4, -0.2) is 91.2 Å². The number of rotatable bonds is 9. The minimum absolute atomic E-state index is 0.159. The van der Waals surface area contributed by atoms with Crippen LogP contribution in [0.15, 0.2) is 24.5 Å². The normalized spacial score (nSPS) is 21.9. The first-order valence-electron chi connectivity index (χ1n) is 10.9. The largest absolute Gasteiger partial charge is 0.383 e. The predicted octanol–water partition coefficient (Wildman–Crippen LogP) is 2.37. The molecular weight excluding hydrogens is 352 g/mol. The number of hydrogen-bond acceptors (Lipinski definition) is 5. The molecule has 3 rings (SSSR count). The number of ether oxygens (including phenoxy) is 1. The highest BCUT2D eigenvalue weighted by atomic mass is 16.5. The summed E-state index contributed by atoms with van der Waals surface area (Å²) in [6.45, 7) is 10.2. The van der Waals surface area contributed by atoms with Gasteiger partial charge >= 0.3 is 0 Å². The van der Waals surface area contributed by atoms with E-state index in [0.29, 0.717) is 12.0 Å². The Labute approximate surface area is 169 Å². The number of pyridine rings is 1. The lowest BCUT2D eigenvalue weighted by molar-refractivity contribution is 0.0616. The molecule has 2 aliphatic rings. The zero-order valence-corrected chi connectivity index (χ0v) is 17.6. The summed E-state index contributed by atoms with van der Waals surface area (Å²) in [4.78, 5) is 24.5. The number of nitrogens with zero attached hydrogens (tertiary/aromatic N) is 4. The average molecular weight is 389 g/mol. The van der Waals surface area contributed by atoms with Crippen molar-refractivity contribution in [3.63, 3.8) is 0 Å². The van der Waals surface area contributed by atoms with E-state index in [1.165, 1.54) is 12.8 Å². The molecule has 1 amide bonds. The summed E-state index contributed by atoms with van der Waals surface area (Å²) in [5, 5.41) is 0. The van der Waals surface area contributed by atoms with Crippen molar-refractivity contribution in [2.24, 2.45) is 5.92 Å². The molecule has 6 heteroatoms. The second-order valence-electron chi connectivity index (χ2n) is 8.15. The summed E-state index contributed by atoms with van der Waals surface area (Å²) in [7, 11) is 1.76. The first-order valence-corrected chi connectivity index (χ1v) is 10.9. The lowest BCUT2D eigenvalue weighted by atomic mass is 9.95. The standard InChI is InChI=1S/C22H36N4O2/c1-3-25-12-4-5-21(25)18-26(22(27)20-6-10-23-11-7-20)17-19-8-13-24(14-9-19)15-16-28-2/h6-7,10-11,19,21H,3-5,8-9,12-18H2,1-2H3. The van der Waals surface area contributed by atoms with E-state index in [2.05, 4.69) is 26.6 Å². The zero-order valence-electron chi connectivity index (χ0n) is 17.6. The number of methoxy groups -OCH3 is 1. The maximum atomic E-state index is 13.3. The summed E-state index contributed by atoms with van der Waals surface area (Å²) in [5.74, 6) is 0.744. The molecule has 1 aromatic heterocycles. The van der Waals surface area contributed by atoms with Crippen molar-refractivity contribution in [2.75, 3.05) is 59.5 Å². The first kappa shape index (κ1) is 21.2. The summed E-state index contributed by atoms with van der Waals surface area (Å²) in [6, 6.07) is 4.18. The van der Waals surface area contributed by atoms with Gasteiger partial charge in [-0.2, -0.15) is 0 Å². The molecule has 0 radical (unpaired) electrons. The van der Waals surface area contributed by atoms with Crippen LogP contribution in [0.3, 0.4) is 0 Å². The lowest BCUT2D eigenvalue weighted by Gasteiger charge is -2.36. The average Bonchev–Trinajstić information content (AvgIpc) is 3.20. The van der Waals surface area contributed by atoms with Crippen LogP contribution in [0, 0.1) is 5.92 Å². The van der Waals surface area contributed by atoms with Crippen LogP contribution in [0.4, 0.5) is 0 Å². The van der Waals surface area contributed by atoms with E-state index in [1.807, 2.05) is 12.1 Å². The molecule has 3 heterocycles. The van der Waals surface area contributed by atoms with Gasteiger partial charge in [0.1, 0.15) is 0 Å². The smallest absolute Gasteiger partial charge is 0.254 e. The van der Waals surface area contributed by atoms with Crippen LogP contribution in [0.25, 0.3) is 0 Å². The lowest BCUT2D eigenvalue weighted by Crippen LogP contribution is -2.46. The Kier molecular flexibility index (Phi) is 8.25. The second kappa shape index (κ2) is 10.9. The van der Waals surface area contributed by atoms with Gasteiger partial charge in [0.15, 0.2) is 0 Å². The van der Waals surface area contributed by atoms with E-state index in [9.17, 15) is 4.79 Å². The molecule has 0 aromatic carbocycles. The van der Waals surface area contributed by atoms with Gasteiger partial charge in [-0.05, 0) is 69.9 Å². The van der Waals surface area contributed by atoms with Gasteiger partial charge in [-0.15, -0.1) is 0 Å². The van der Waals surface area contributed by atoms with Crippen LogP contribution >= 0.6 is 0 Å². The van der Waals surface area contributed by atoms with Gasteiger partial charge in [0.2, 0.25) is 0 Å². The Morgan fingerprint density at radius 1 is 1.18 bits per heavy atom. The molecule has 0 N–H and O–H groups in total. The molecule has 1 aromatic rings. The highest BCUT2D eigenvalue weighted by molar-refractivity contribution is 5.94. The number of likely N-dealkylation sites (tertiary alicyclic amines) is 2. The number of carbonyl (C=O) groups excluding carboxylic acids is 1. The third kappa shape index (κ3) is 5.75. The Bertz CT molecular complexity index is 589. The fourth-order valence-electron chi connectivity index (χ4n) is 4.61. The summed E-state index contributed by atoms with van der Waals surface area (Å²) >= 11 is 0. The Morgan fingerprint density at radius 2 is 1.93 bits per heavy atom. The fourth-order valence-corrected chi connectivity index (χ4v) is 4.61. The topological polar surface area (TPSA) is 48.9 Å². The number of carbonyl (C=O) groups is 1. The van der Waals surface area contributed by atoms with Crippen molar-refractivity contribution in [3.8, 4) is 0 Å². The molecule has 0 aliphatic carbocycles. The molecule has 2 fully saturated rings. The molecule has 2 saturated heterocycles. The van der Waals surface area contributed by atoms with Crippen molar-refractivity contribution in [1.29, 1.82) is 0 Å². The van der Waals surface area contributed by atoms with Gasteiger partial charge in [-0.25, -0.2) is 0 Å². The van der Waals surface area contributed by atoms with Gasteiger partial charge < -0.3 is 14.5 Å². The van der Waals surface area contributed by atoms with Gasteiger partial charge in [-0.1, -0.05) is 6.92 Å². The third-order valence-corrected chi connectivity index (χ3v) is 6.35. The summed E-state index contributed by atoms with van der Waals surface area (Å²) in [6.07, 6.45) is 8.19. The van der Waals surface area contributed by atoms with Gasteiger partial charge in [0.05, 0.1) is 6.61 Å². The number of amides is 1. The Morgan fingerprint density at radius 3 is 2.61 bits per heavy atom. The molecule has 0 saturated carbocycles. The number of likely N-dealkylation sites (N-methyl/N-ethyl adjacent to an activating group) is 1. The van der Waals surface area contributed by atoms with Crippen molar-refractivity contribution in [1.82, 2.24) is 19.7 Å². The van der Waals surface area contributed by atoms with Gasteiger partial charge in [-0.3, -0.25) is 14.7 Å². The monoisotopic (exact) mass is 388 g/mol. The van der Waals surface area contributed by atoms with E-state index in [1.54, 1.807) is 19.5 Å². The third-order valence-electron chi connectivity index (χ3n) is 6.35. The van der Waals surface area contributed by atoms with Crippen molar-refractivity contribution in [3.05, 3.63) is 30.1 Å². The highest BCUT2D eigenvalue weighted by Gasteiger charge is 2.30. The molecule has 0 bridgehead atoms. The van der Waals surface area contributed by atoms with Crippen LogP contribution in [0.5, 0.6) is 0 Å². The SMILES string of the molecule is CCN1CCCC1CN(CC1CCN(CCOC)CC1)C(=O)c1ccncc1. The first-order chi connectivity index (χ1) is 13.7. The molecule has 0 spiro atoms. The van der Waals surface area contributed by atoms with E-state index in [-0.39, 0.29) is 5.91 Å². The molecule has 6 nitrogen and oxygen atoms in total. The maximum absolute atomic E-state index is 13.3. The zero-order chi connectivity index (χ0) is 19.8. The van der Waals surface area contributed by atoms with Crippen molar-refractivity contribution < 1.29 is 9.53 Å². The minimum atomic E-state index is 0.159. The molecule has 2 aliphatic heterocycles. The summed E-state index contributed by atoms with van der Waals surface area (Å²) < 4.78 is 5.21. The number of piperidine rings is 1. The number of aromatic nitrogens is 1. The predicted molar refractivity (Wildman–Crippen MR) is 111 cm³/mol. The Hall–Kier alpha value is -1.50. The minimum Gasteiger partial charge on any atom is -0.383 e. The van der Waals surface area contributed by atoms with E-state index in [0.717, 1.165) is 70.8 Å². The van der Waals surface area contributed by atoms with Crippen LogP contribution in [0.1, 0.15) is 43.0 Å². The van der Waals surface area contributed by atoms with E-state index >= 15 is 0 Å². The molecule has 1 unspecified atom stereocenters. The molecular formula is C22H36N4O2. The van der Waals surface area contributed by atoms with Crippen LogP contribution in [0.2, 0.25) is 0 Å². The molecule has 28 heavy (non-hydrogen) atoms. The van der Waals surface area contributed by atoms with Crippen molar-refractivity contribution >= 4 is 5.91 Å². The number of hydrogen-bond donors (Lipinski definition) is 0. The second-order valence-corrected chi connectivity index (χ2v) is 8.15.